The highest BCUT2D eigenvalue weighted by Gasteiger charge is 1.97. The number of hydrogen-bond donors (Lipinski definition) is 0. The van der Waals surface area contributed by atoms with Crippen LogP contribution in [0.4, 0.5) is 0 Å². The largest absolute Gasteiger partial charge is 0.504 e. The van der Waals surface area contributed by atoms with Gasteiger partial charge in [-0.05, 0) is 13.0 Å². The average Bonchev–Trinajstić information content (AvgIpc) is 2.31. The zero-order valence-electron chi connectivity index (χ0n) is 7.03. The first-order valence-corrected chi connectivity index (χ1v) is 3.43. The second kappa shape index (κ2) is 3.23. The second-order valence-corrected chi connectivity index (χ2v) is 2.35. The van der Waals surface area contributed by atoms with Crippen LogP contribution in [0.1, 0.15) is 11.3 Å². The van der Waals surface area contributed by atoms with Gasteiger partial charge in [-0.2, -0.15) is 5.10 Å². The lowest BCUT2D eigenvalue weighted by Crippen LogP contribution is -1.92. The third-order valence-corrected chi connectivity index (χ3v) is 1.66. The van der Waals surface area contributed by atoms with E-state index in [1.54, 1.807) is 13.4 Å². The zero-order valence-corrected chi connectivity index (χ0v) is 7.03. The molecule has 3 heteroatoms. The highest BCUT2D eigenvalue weighted by Crippen LogP contribution is 2.06. The van der Waals surface area contributed by atoms with Gasteiger partial charge in [-0.15, -0.1) is 0 Å². The molecule has 3 nitrogen and oxygen atoms in total. The lowest BCUT2D eigenvalue weighted by molar-refractivity contribution is 0.341. The Morgan fingerprint density at radius 1 is 1.64 bits per heavy atom. The fraction of sp³-hybridized carbons (Fsp3) is 0.375. The molecule has 0 unspecified atom stereocenters. The number of aromatic nitrogens is 2. The minimum atomic E-state index is 1.09. The molecule has 0 spiro atoms. The first-order valence-electron chi connectivity index (χ1n) is 3.43. The number of rotatable bonds is 2. The molecule has 0 aliphatic carbocycles. The van der Waals surface area contributed by atoms with Crippen LogP contribution < -0.4 is 0 Å². The van der Waals surface area contributed by atoms with Gasteiger partial charge in [0, 0.05) is 18.3 Å². The van der Waals surface area contributed by atoms with Crippen molar-refractivity contribution in [1.29, 1.82) is 0 Å². The molecule has 0 bridgehead atoms. The predicted molar refractivity (Wildman–Crippen MR) is 44.0 cm³/mol. The van der Waals surface area contributed by atoms with Gasteiger partial charge >= 0.3 is 0 Å². The first-order chi connectivity index (χ1) is 5.25. The van der Waals surface area contributed by atoms with E-state index in [9.17, 15) is 0 Å². The molecule has 0 aliphatic heterocycles. The van der Waals surface area contributed by atoms with Crippen molar-refractivity contribution in [3.63, 3.8) is 0 Å². The van der Waals surface area contributed by atoms with Gasteiger partial charge in [0.05, 0.1) is 19.6 Å². The van der Waals surface area contributed by atoms with Gasteiger partial charge in [0.15, 0.2) is 0 Å². The van der Waals surface area contributed by atoms with Crippen LogP contribution in [0.5, 0.6) is 0 Å². The average molecular weight is 152 g/mol. The third kappa shape index (κ3) is 1.61. The molecule has 11 heavy (non-hydrogen) atoms. The number of methoxy groups -OCH3 is 1. The Morgan fingerprint density at radius 3 is 2.82 bits per heavy atom. The van der Waals surface area contributed by atoms with Crippen molar-refractivity contribution < 1.29 is 4.74 Å². The van der Waals surface area contributed by atoms with Gasteiger partial charge in [0.2, 0.25) is 0 Å². The summed E-state index contributed by atoms with van der Waals surface area (Å²) >= 11 is 0. The molecular weight excluding hydrogens is 140 g/mol. The van der Waals surface area contributed by atoms with E-state index in [2.05, 4.69) is 5.10 Å². The van der Waals surface area contributed by atoms with Crippen LogP contribution in [0.15, 0.2) is 12.5 Å². The van der Waals surface area contributed by atoms with Crippen molar-refractivity contribution in [3.8, 4) is 0 Å². The van der Waals surface area contributed by atoms with Gasteiger partial charge in [-0.25, -0.2) is 0 Å². The van der Waals surface area contributed by atoms with E-state index in [4.69, 9.17) is 4.74 Å². The molecular formula is C8H12N2O. The van der Waals surface area contributed by atoms with Gasteiger partial charge < -0.3 is 4.74 Å². The number of ether oxygens (including phenoxy) is 1. The van der Waals surface area contributed by atoms with Crippen LogP contribution in [0.3, 0.4) is 0 Å². The van der Waals surface area contributed by atoms with E-state index < -0.39 is 0 Å². The lowest BCUT2D eigenvalue weighted by atomic mass is 10.3. The first kappa shape index (κ1) is 7.85. The maximum absolute atomic E-state index is 4.79. The molecule has 0 aliphatic rings. The maximum atomic E-state index is 4.79. The molecule has 0 aromatic carbocycles. The van der Waals surface area contributed by atoms with E-state index in [0.29, 0.717) is 0 Å². The Morgan fingerprint density at radius 2 is 2.36 bits per heavy atom. The maximum Gasteiger partial charge on any atom is 0.0831 e. The van der Waals surface area contributed by atoms with E-state index in [-0.39, 0.29) is 0 Å². The summed E-state index contributed by atoms with van der Waals surface area (Å²) in [5, 5.41) is 4.08. The van der Waals surface area contributed by atoms with Crippen LogP contribution in [-0.2, 0) is 11.8 Å². The molecule has 0 amide bonds. The Bertz CT molecular complexity index is 263. The number of aryl methyl sites for hydroxylation is 1. The molecule has 0 radical (unpaired) electrons. The van der Waals surface area contributed by atoms with Gasteiger partial charge in [-0.3, -0.25) is 4.68 Å². The Kier molecular flexibility index (Phi) is 2.31. The van der Waals surface area contributed by atoms with Crippen molar-refractivity contribution in [2.24, 2.45) is 7.05 Å². The van der Waals surface area contributed by atoms with E-state index in [1.165, 1.54) is 0 Å². The summed E-state index contributed by atoms with van der Waals surface area (Å²) in [6.45, 7) is 2.02. The van der Waals surface area contributed by atoms with Crippen molar-refractivity contribution in [2.75, 3.05) is 7.11 Å². The van der Waals surface area contributed by atoms with Crippen LogP contribution in [0, 0.1) is 6.92 Å². The predicted octanol–water partition coefficient (Wildman–Crippen LogP) is 1.35. The SMILES string of the molecule is COC=Cc1cnn(C)c1C. The normalized spacial score (nSPS) is 10.8. The topological polar surface area (TPSA) is 27.1 Å². The molecule has 0 saturated heterocycles. The summed E-state index contributed by atoms with van der Waals surface area (Å²) in [5.74, 6) is 0. The fourth-order valence-electron chi connectivity index (χ4n) is 0.821. The Hall–Kier alpha value is -1.25. The minimum absolute atomic E-state index is 1.09. The highest BCUT2D eigenvalue weighted by atomic mass is 16.5. The Labute approximate surface area is 66.3 Å². The van der Waals surface area contributed by atoms with Crippen molar-refractivity contribution in [1.82, 2.24) is 9.78 Å². The quantitative estimate of drug-likeness (QED) is 0.598. The van der Waals surface area contributed by atoms with Crippen LogP contribution >= 0.6 is 0 Å². The molecule has 1 aromatic rings. The van der Waals surface area contributed by atoms with E-state index in [0.717, 1.165) is 11.3 Å². The lowest BCUT2D eigenvalue weighted by Gasteiger charge is -1.93. The van der Waals surface area contributed by atoms with E-state index in [1.807, 2.05) is 30.9 Å². The second-order valence-electron chi connectivity index (χ2n) is 2.35. The molecule has 0 fully saturated rings. The van der Waals surface area contributed by atoms with Gasteiger partial charge in [0.25, 0.3) is 0 Å². The van der Waals surface area contributed by atoms with Crippen LogP contribution in [0.2, 0.25) is 0 Å². The summed E-state index contributed by atoms with van der Waals surface area (Å²) in [5.41, 5.74) is 2.23. The summed E-state index contributed by atoms with van der Waals surface area (Å²) in [6.07, 6.45) is 5.34. The molecule has 1 rings (SSSR count). The highest BCUT2D eigenvalue weighted by molar-refractivity contribution is 5.49. The Balaban J connectivity index is 2.87. The van der Waals surface area contributed by atoms with Gasteiger partial charge in [-0.1, -0.05) is 0 Å². The summed E-state index contributed by atoms with van der Waals surface area (Å²) in [6, 6.07) is 0. The molecule has 0 atom stereocenters. The molecule has 0 saturated carbocycles. The third-order valence-electron chi connectivity index (χ3n) is 1.66. The fourth-order valence-corrected chi connectivity index (χ4v) is 0.821. The summed E-state index contributed by atoms with van der Waals surface area (Å²) in [4.78, 5) is 0. The van der Waals surface area contributed by atoms with E-state index >= 15 is 0 Å². The summed E-state index contributed by atoms with van der Waals surface area (Å²) in [7, 11) is 3.54. The molecule has 1 heterocycles. The monoisotopic (exact) mass is 152 g/mol. The van der Waals surface area contributed by atoms with Crippen molar-refractivity contribution in [3.05, 3.63) is 23.7 Å². The zero-order chi connectivity index (χ0) is 8.27. The molecule has 0 N–H and O–H groups in total. The van der Waals surface area contributed by atoms with Crippen LogP contribution in [0.25, 0.3) is 6.08 Å². The minimum Gasteiger partial charge on any atom is -0.504 e. The number of hydrogen-bond acceptors (Lipinski definition) is 2. The number of nitrogens with zero attached hydrogens (tertiary/aromatic N) is 2. The van der Waals surface area contributed by atoms with Crippen molar-refractivity contribution >= 4 is 6.08 Å². The molecule has 60 valence electrons. The molecule has 1 aromatic heterocycles. The van der Waals surface area contributed by atoms with Crippen LogP contribution in [-0.4, -0.2) is 16.9 Å². The van der Waals surface area contributed by atoms with Crippen molar-refractivity contribution in [2.45, 2.75) is 6.92 Å². The van der Waals surface area contributed by atoms with Gasteiger partial charge in [0.1, 0.15) is 0 Å². The summed E-state index contributed by atoms with van der Waals surface area (Å²) < 4.78 is 6.62. The smallest absolute Gasteiger partial charge is 0.0831 e. The standard InChI is InChI=1S/C8H12N2O/c1-7-8(4-5-11-3)6-9-10(7)2/h4-6H,1-3H3.